The number of carbonyl (C=O) groups is 3. The van der Waals surface area contributed by atoms with E-state index in [2.05, 4.69) is 21.2 Å². The summed E-state index contributed by atoms with van der Waals surface area (Å²) in [6.07, 6.45) is 1.55. The molecule has 13 heteroatoms. The number of non-ortho nitro benzene ring substituents is 1. The number of anilines is 1. The Balaban J connectivity index is 1.45. The molecule has 1 heterocycles. The molecule has 1 saturated heterocycles. The van der Waals surface area contributed by atoms with Crippen LogP contribution in [0.1, 0.15) is 16.7 Å². The number of imide groups is 1. The fourth-order valence-electron chi connectivity index (χ4n) is 3.66. The summed E-state index contributed by atoms with van der Waals surface area (Å²) in [6, 6.07) is 14.1. The van der Waals surface area contributed by atoms with Crippen LogP contribution in [-0.2, 0) is 16.1 Å². The summed E-state index contributed by atoms with van der Waals surface area (Å²) in [5, 5.41) is 13.6. The van der Waals surface area contributed by atoms with Crippen molar-refractivity contribution in [2.24, 2.45) is 0 Å². The van der Waals surface area contributed by atoms with Gasteiger partial charge < -0.3 is 14.8 Å². The number of benzene rings is 3. The van der Waals surface area contributed by atoms with Gasteiger partial charge in [-0.1, -0.05) is 29.8 Å². The number of hydrogen-bond donors (Lipinski definition) is 1. The lowest BCUT2D eigenvalue weighted by atomic mass is 10.1. The quantitative estimate of drug-likeness (QED) is 0.157. The van der Waals surface area contributed by atoms with E-state index in [1.165, 1.54) is 31.4 Å². The zero-order valence-corrected chi connectivity index (χ0v) is 24.3. The van der Waals surface area contributed by atoms with Crippen LogP contribution in [0.4, 0.5) is 16.2 Å². The lowest BCUT2D eigenvalue weighted by molar-refractivity contribution is -0.384. The second-order valence-electron chi connectivity index (χ2n) is 8.53. The van der Waals surface area contributed by atoms with E-state index >= 15 is 0 Å². The van der Waals surface area contributed by atoms with Gasteiger partial charge >= 0.3 is 0 Å². The third-order valence-corrected chi connectivity index (χ3v) is 7.62. The summed E-state index contributed by atoms with van der Waals surface area (Å²) in [7, 11) is 1.44. The summed E-state index contributed by atoms with van der Waals surface area (Å²) in [6.45, 7) is 1.54. The molecule has 1 fully saturated rings. The monoisotopic (exact) mass is 645 g/mol. The predicted molar refractivity (Wildman–Crippen MR) is 156 cm³/mol. The molecular formula is C27H21BrClN3O7S. The number of rotatable bonds is 9. The number of nitro benzene ring substituents is 1. The molecule has 0 spiro atoms. The van der Waals surface area contributed by atoms with Gasteiger partial charge in [-0.15, -0.1) is 0 Å². The van der Waals surface area contributed by atoms with Crippen molar-refractivity contribution < 1.29 is 28.8 Å². The predicted octanol–water partition coefficient (Wildman–Crippen LogP) is 6.58. The molecule has 0 aliphatic carbocycles. The molecule has 0 bridgehead atoms. The largest absolute Gasteiger partial charge is 0.493 e. The second-order valence-corrected chi connectivity index (χ2v) is 10.8. The molecule has 3 amide bonds. The summed E-state index contributed by atoms with van der Waals surface area (Å²) >= 11 is 10.3. The highest BCUT2D eigenvalue weighted by molar-refractivity contribution is 9.10. The second kappa shape index (κ2) is 12.5. The summed E-state index contributed by atoms with van der Waals surface area (Å²) in [4.78, 5) is 49.5. The van der Waals surface area contributed by atoms with Crippen molar-refractivity contribution in [3.63, 3.8) is 0 Å². The first-order chi connectivity index (χ1) is 19.0. The highest BCUT2D eigenvalue weighted by Gasteiger charge is 2.35. The molecule has 206 valence electrons. The molecule has 1 aliphatic rings. The molecule has 0 aromatic heterocycles. The van der Waals surface area contributed by atoms with Gasteiger partial charge in [0.1, 0.15) is 0 Å². The lowest BCUT2D eigenvalue weighted by Gasteiger charge is -2.14. The van der Waals surface area contributed by atoms with Crippen molar-refractivity contribution in [1.29, 1.82) is 0 Å². The highest BCUT2D eigenvalue weighted by Crippen LogP contribution is 2.39. The van der Waals surface area contributed by atoms with Crippen molar-refractivity contribution in [1.82, 2.24) is 4.90 Å². The van der Waals surface area contributed by atoms with Gasteiger partial charge in [0, 0.05) is 22.8 Å². The topological polar surface area (TPSA) is 128 Å². The summed E-state index contributed by atoms with van der Waals surface area (Å²) in [5.41, 5.74) is 2.47. The Hall–Kier alpha value is -3.87. The third-order valence-electron chi connectivity index (χ3n) is 5.71. The first kappa shape index (κ1) is 29.1. The zero-order valence-electron chi connectivity index (χ0n) is 21.1. The van der Waals surface area contributed by atoms with Gasteiger partial charge in [0.15, 0.2) is 18.1 Å². The summed E-state index contributed by atoms with van der Waals surface area (Å²) in [5.74, 6) is -0.309. The molecule has 3 aromatic rings. The fraction of sp³-hybridized carbons (Fsp3) is 0.148. The van der Waals surface area contributed by atoms with Crippen molar-refractivity contribution in [3.8, 4) is 11.5 Å². The van der Waals surface area contributed by atoms with E-state index in [0.29, 0.717) is 32.1 Å². The smallest absolute Gasteiger partial charge is 0.293 e. The number of ether oxygens (including phenoxy) is 2. The van der Waals surface area contributed by atoms with Gasteiger partial charge in [-0.2, -0.15) is 0 Å². The molecule has 0 atom stereocenters. The normalized spacial score (nSPS) is 14.0. The SMILES string of the molecule is COc1cc(/C=C2\SC(=O)N(Cc3ccc([N+](=O)[O-])cc3)C2=O)cc(Br)c1OCC(=O)Nc1ccc(C)c(Cl)c1. The molecule has 1 N–H and O–H groups in total. The van der Waals surface area contributed by atoms with Gasteiger partial charge in [-0.05, 0) is 81.6 Å². The number of nitro groups is 1. The highest BCUT2D eigenvalue weighted by atomic mass is 79.9. The van der Waals surface area contributed by atoms with E-state index in [-0.39, 0.29) is 29.5 Å². The van der Waals surface area contributed by atoms with Crippen LogP contribution < -0.4 is 14.8 Å². The molecule has 10 nitrogen and oxygen atoms in total. The van der Waals surface area contributed by atoms with E-state index in [1.807, 2.05) is 6.92 Å². The van der Waals surface area contributed by atoms with Crippen molar-refractivity contribution >= 4 is 73.8 Å². The van der Waals surface area contributed by atoms with Crippen LogP contribution in [0, 0.1) is 17.0 Å². The fourth-order valence-corrected chi connectivity index (χ4v) is 5.25. The van der Waals surface area contributed by atoms with E-state index in [4.69, 9.17) is 21.1 Å². The van der Waals surface area contributed by atoms with E-state index in [9.17, 15) is 24.5 Å². The Morgan fingerprint density at radius 2 is 1.90 bits per heavy atom. The molecule has 0 saturated carbocycles. The Bertz CT molecular complexity index is 1550. The maximum atomic E-state index is 13.0. The van der Waals surface area contributed by atoms with Gasteiger partial charge in [-0.3, -0.25) is 29.4 Å². The molecular weight excluding hydrogens is 626 g/mol. The Labute approximate surface area is 246 Å². The Morgan fingerprint density at radius 1 is 1.18 bits per heavy atom. The maximum absolute atomic E-state index is 13.0. The number of nitrogens with one attached hydrogen (secondary N) is 1. The van der Waals surface area contributed by atoms with Crippen LogP contribution in [-0.4, -0.2) is 40.6 Å². The number of methoxy groups -OCH3 is 1. The number of halogens is 2. The average molecular weight is 647 g/mol. The number of nitrogens with zero attached hydrogens (tertiary/aromatic N) is 2. The maximum Gasteiger partial charge on any atom is 0.293 e. The molecule has 0 radical (unpaired) electrons. The van der Waals surface area contributed by atoms with Gasteiger partial charge in [0.25, 0.3) is 22.7 Å². The first-order valence-electron chi connectivity index (χ1n) is 11.6. The van der Waals surface area contributed by atoms with Crippen LogP contribution in [0.25, 0.3) is 6.08 Å². The molecule has 4 rings (SSSR count). The zero-order chi connectivity index (χ0) is 29.0. The summed E-state index contributed by atoms with van der Waals surface area (Å²) < 4.78 is 11.6. The van der Waals surface area contributed by atoms with Crippen molar-refractivity contribution in [3.05, 3.63) is 95.8 Å². The molecule has 40 heavy (non-hydrogen) atoms. The Morgan fingerprint density at radius 3 is 2.55 bits per heavy atom. The minimum Gasteiger partial charge on any atom is -0.493 e. The lowest BCUT2D eigenvalue weighted by Crippen LogP contribution is -2.27. The first-order valence-corrected chi connectivity index (χ1v) is 13.6. The minimum absolute atomic E-state index is 0.0172. The average Bonchev–Trinajstić information content (AvgIpc) is 3.17. The molecule has 1 aliphatic heterocycles. The Kier molecular flexibility index (Phi) is 9.13. The van der Waals surface area contributed by atoms with Crippen molar-refractivity contribution in [2.45, 2.75) is 13.5 Å². The van der Waals surface area contributed by atoms with E-state index in [0.717, 1.165) is 22.2 Å². The van der Waals surface area contributed by atoms with Crippen LogP contribution in [0.2, 0.25) is 5.02 Å². The van der Waals surface area contributed by atoms with Crippen LogP contribution in [0.5, 0.6) is 11.5 Å². The van der Waals surface area contributed by atoms with Gasteiger partial charge in [-0.25, -0.2) is 0 Å². The van der Waals surface area contributed by atoms with Crippen molar-refractivity contribution in [2.75, 3.05) is 19.0 Å². The van der Waals surface area contributed by atoms with Crippen LogP contribution in [0.3, 0.4) is 0 Å². The molecule has 0 unspecified atom stereocenters. The van der Waals surface area contributed by atoms with Gasteiger partial charge in [0.05, 0.1) is 28.0 Å². The van der Waals surface area contributed by atoms with Crippen LogP contribution in [0.15, 0.2) is 64.0 Å². The van der Waals surface area contributed by atoms with Gasteiger partial charge in [0.2, 0.25) is 0 Å². The number of carbonyl (C=O) groups excluding carboxylic acids is 3. The third kappa shape index (κ3) is 6.82. The number of aryl methyl sites for hydroxylation is 1. The molecule has 3 aromatic carbocycles. The van der Waals surface area contributed by atoms with Crippen LogP contribution >= 0.6 is 39.3 Å². The van der Waals surface area contributed by atoms with E-state index in [1.54, 1.807) is 36.4 Å². The minimum atomic E-state index is -0.522. The number of hydrogen-bond acceptors (Lipinski definition) is 8. The van der Waals surface area contributed by atoms with E-state index < -0.39 is 22.0 Å². The number of thioether (sulfide) groups is 1. The number of amides is 3. The standard InChI is InChI=1S/C27H21BrClN3O7S/c1-15-3-6-18(12-21(15)29)30-24(33)14-39-25-20(28)9-17(10-22(25)38-2)11-23-26(34)31(27(35)40-23)13-16-4-7-19(8-5-16)32(36)37/h3-12H,13-14H2,1-2H3,(H,30,33)/b23-11-.